The van der Waals surface area contributed by atoms with Crippen LogP contribution in [0.5, 0.6) is 0 Å². The average molecular weight is 313 g/mol. The summed E-state index contributed by atoms with van der Waals surface area (Å²) in [4.78, 5) is 21.8. The first kappa shape index (κ1) is 19.7. The SMILES string of the molecule is CCC(CCNC(=O)CCOCC(F)(F)F)CCC(=O)O. The number of ether oxygens (including phenoxy) is 1. The average Bonchev–Trinajstić information content (AvgIpc) is 2.37. The highest BCUT2D eigenvalue weighted by Crippen LogP contribution is 2.15. The highest BCUT2D eigenvalue weighted by molar-refractivity contribution is 5.75. The molecule has 0 fully saturated rings. The van der Waals surface area contributed by atoms with Crippen molar-refractivity contribution in [2.45, 2.75) is 45.2 Å². The molecule has 0 rings (SSSR count). The summed E-state index contributed by atoms with van der Waals surface area (Å²) in [6, 6.07) is 0. The molecule has 0 aromatic rings. The number of carboxylic acid groups (broad SMARTS) is 1. The fourth-order valence-electron chi connectivity index (χ4n) is 1.74. The van der Waals surface area contributed by atoms with E-state index in [4.69, 9.17) is 5.11 Å². The zero-order chi connectivity index (χ0) is 16.3. The number of aliphatic carboxylic acids is 1. The number of carbonyl (C=O) groups is 2. The molecule has 2 N–H and O–H groups in total. The van der Waals surface area contributed by atoms with E-state index in [1.54, 1.807) is 0 Å². The lowest BCUT2D eigenvalue weighted by Gasteiger charge is -2.14. The molecule has 0 radical (unpaired) electrons. The van der Waals surface area contributed by atoms with Crippen LogP contribution in [0.1, 0.15) is 39.0 Å². The lowest BCUT2D eigenvalue weighted by molar-refractivity contribution is -0.174. The monoisotopic (exact) mass is 313 g/mol. The molecule has 0 aromatic heterocycles. The highest BCUT2D eigenvalue weighted by atomic mass is 19.4. The summed E-state index contributed by atoms with van der Waals surface area (Å²) in [5.74, 6) is -1.01. The molecular formula is C13H22F3NO4. The molecule has 0 saturated heterocycles. The molecule has 124 valence electrons. The van der Waals surface area contributed by atoms with Crippen LogP contribution < -0.4 is 5.32 Å². The van der Waals surface area contributed by atoms with Gasteiger partial charge in [0.05, 0.1) is 6.61 Å². The van der Waals surface area contributed by atoms with Crippen LogP contribution in [0.25, 0.3) is 0 Å². The molecule has 1 unspecified atom stereocenters. The fourth-order valence-corrected chi connectivity index (χ4v) is 1.74. The van der Waals surface area contributed by atoms with Crippen molar-refractivity contribution in [1.82, 2.24) is 5.32 Å². The number of hydrogen-bond donors (Lipinski definition) is 2. The number of nitrogens with one attached hydrogen (secondary N) is 1. The lowest BCUT2D eigenvalue weighted by atomic mass is 9.96. The third kappa shape index (κ3) is 13.4. The maximum absolute atomic E-state index is 11.8. The summed E-state index contributed by atoms with van der Waals surface area (Å²) < 4.78 is 39.6. The van der Waals surface area contributed by atoms with Gasteiger partial charge in [-0.1, -0.05) is 13.3 Å². The third-order valence-electron chi connectivity index (χ3n) is 2.96. The molecule has 0 bridgehead atoms. The van der Waals surface area contributed by atoms with E-state index < -0.39 is 18.8 Å². The van der Waals surface area contributed by atoms with E-state index in [0.717, 1.165) is 6.42 Å². The van der Waals surface area contributed by atoms with E-state index >= 15 is 0 Å². The Labute approximate surface area is 121 Å². The van der Waals surface area contributed by atoms with Crippen LogP contribution >= 0.6 is 0 Å². The first-order valence-corrected chi connectivity index (χ1v) is 6.87. The van der Waals surface area contributed by atoms with Crippen molar-refractivity contribution in [2.24, 2.45) is 5.92 Å². The predicted molar refractivity (Wildman–Crippen MR) is 69.8 cm³/mol. The smallest absolute Gasteiger partial charge is 0.411 e. The molecular weight excluding hydrogens is 291 g/mol. The van der Waals surface area contributed by atoms with Crippen molar-refractivity contribution >= 4 is 11.9 Å². The molecule has 0 heterocycles. The van der Waals surface area contributed by atoms with Gasteiger partial charge in [0.2, 0.25) is 5.91 Å². The van der Waals surface area contributed by atoms with Crippen molar-refractivity contribution in [3.63, 3.8) is 0 Å². The van der Waals surface area contributed by atoms with E-state index in [1.165, 1.54) is 0 Å². The Kier molecular flexibility index (Phi) is 9.77. The number of carboxylic acids is 1. The summed E-state index contributed by atoms with van der Waals surface area (Å²) in [6.07, 6.45) is -2.39. The van der Waals surface area contributed by atoms with Gasteiger partial charge in [-0.2, -0.15) is 13.2 Å². The van der Waals surface area contributed by atoms with Crippen LogP contribution in [-0.2, 0) is 14.3 Å². The van der Waals surface area contributed by atoms with Gasteiger partial charge in [-0.3, -0.25) is 9.59 Å². The number of amides is 1. The molecule has 0 spiro atoms. The van der Waals surface area contributed by atoms with Crippen molar-refractivity contribution < 1.29 is 32.6 Å². The van der Waals surface area contributed by atoms with Crippen molar-refractivity contribution in [3.8, 4) is 0 Å². The topological polar surface area (TPSA) is 75.6 Å². The van der Waals surface area contributed by atoms with Crippen LogP contribution in [0, 0.1) is 5.92 Å². The minimum atomic E-state index is -4.38. The minimum absolute atomic E-state index is 0.0950. The number of halogens is 3. The fraction of sp³-hybridized carbons (Fsp3) is 0.846. The van der Waals surface area contributed by atoms with Gasteiger partial charge in [0.15, 0.2) is 0 Å². The molecule has 1 atom stereocenters. The van der Waals surface area contributed by atoms with E-state index in [9.17, 15) is 22.8 Å². The van der Waals surface area contributed by atoms with Crippen molar-refractivity contribution in [3.05, 3.63) is 0 Å². The second-order valence-electron chi connectivity index (χ2n) is 4.76. The van der Waals surface area contributed by atoms with E-state index in [0.29, 0.717) is 19.4 Å². The summed E-state index contributed by atoms with van der Waals surface area (Å²) in [6.45, 7) is 0.699. The largest absolute Gasteiger partial charge is 0.481 e. The molecule has 0 aliphatic rings. The normalized spacial score (nSPS) is 13.0. The first-order chi connectivity index (χ1) is 9.74. The van der Waals surface area contributed by atoms with Crippen LogP contribution in [-0.4, -0.2) is 42.9 Å². The lowest BCUT2D eigenvalue weighted by Crippen LogP contribution is -2.27. The molecule has 21 heavy (non-hydrogen) atoms. The molecule has 1 amide bonds. The molecule has 8 heteroatoms. The van der Waals surface area contributed by atoms with Crippen LogP contribution in [0.2, 0.25) is 0 Å². The first-order valence-electron chi connectivity index (χ1n) is 6.87. The van der Waals surface area contributed by atoms with Crippen molar-refractivity contribution in [2.75, 3.05) is 19.8 Å². The second kappa shape index (κ2) is 10.4. The summed E-state index contributed by atoms with van der Waals surface area (Å²) in [5, 5.41) is 11.2. The van der Waals surface area contributed by atoms with Gasteiger partial charge in [-0.25, -0.2) is 0 Å². The third-order valence-corrected chi connectivity index (χ3v) is 2.96. The van der Waals surface area contributed by atoms with Crippen LogP contribution in [0.15, 0.2) is 0 Å². The zero-order valence-electron chi connectivity index (χ0n) is 12.0. The van der Waals surface area contributed by atoms with E-state index in [2.05, 4.69) is 10.1 Å². The predicted octanol–water partition coefficient (Wildman–Crippen LogP) is 2.35. The van der Waals surface area contributed by atoms with Crippen molar-refractivity contribution in [1.29, 1.82) is 0 Å². The molecule has 0 aliphatic heterocycles. The Morgan fingerprint density at radius 1 is 1.24 bits per heavy atom. The number of carbonyl (C=O) groups excluding carboxylic acids is 1. The Morgan fingerprint density at radius 2 is 1.90 bits per heavy atom. The van der Waals surface area contributed by atoms with E-state index in [1.807, 2.05) is 6.92 Å². The molecule has 0 saturated carbocycles. The van der Waals surface area contributed by atoms with Crippen LogP contribution in [0.4, 0.5) is 13.2 Å². The number of rotatable bonds is 11. The van der Waals surface area contributed by atoms with Gasteiger partial charge < -0.3 is 15.2 Å². The summed E-state index contributed by atoms with van der Waals surface area (Å²) in [7, 11) is 0. The Bertz CT molecular complexity index is 321. The number of hydrogen-bond acceptors (Lipinski definition) is 3. The van der Waals surface area contributed by atoms with Crippen LogP contribution in [0.3, 0.4) is 0 Å². The quantitative estimate of drug-likeness (QED) is 0.574. The molecule has 0 aromatic carbocycles. The zero-order valence-corrected chi connectivity index (χ0v) is 12.0. The van der Waals surface area contributed by atoms with Gasteiger partial charge in [0.1, 0.15) is 6.61 Å². The number of alkyl halides is 3. The molecule has 0 aliphatic carbocycles. The van der Waals surface area contributed by atoms with Gasteiger partial charge in [0.25, 0.3) is 0 Å². The van der Waals surface area contributed by atoms with Gasteiger partial charge >= 0.3 is 12.1 Å². The Balaban J connectivity index is 3.65. The second-order valence-corrected chi connectivity index (χ2v) is 4.76. The minimum Gasteiger partial charge on any atom is -0.481 e. The maximum Gasteiger partial charge on any atom is 0.411 e. The Morgan fingerprint density at radius 3 is 2.43 bits per heavy atom. The standard InChI is InChI=1S/C13H22F3NO4/c1-2-10(3-4-12(19)20)5-7-17-11(18)6-8-21-9-13(14,15)16/h10H,2-9H2,1H3,(H,17,18)(H,19,20). The highest BCUT2D eigenvalue weighted by Gasteiger charge is 2.27. The van der Waals surface area contributed by atoms with Gasteiger partial charge in [-0.05, 0) is 18.8 Å². The van der Waals surface area contributed by atoms with E-state index in [-0.39, 0.29) is 31.3 Å². The molecule has 5 nitrogen and oxygen atoms in total. The Hall–Kier alpha value is -1.31. The summed E-state index contributed by atoms with van der Waals surface area (Å²) >= 11 is 0. The van der Waals surface area contributed by atoms with Gasteiger partial charge in [-0.15, -0.1) is 0 Å². The van der Waals surface area contributed by atoms with Gasteiger partial charge in [0, 0.05) is 19.4 Å². The summed E-state index contributed by atoms with van der Waals surface area (Å²) in [5.41, 5.74) is 0. The maximum atomic E-state index is 11.8.